The van der Waals surface area contributed by atoms with Crippen LogP contribution >= 0.6 is 0 Å². The summed E-state index contributed by atoms with van der Waals surface area (Å²) in [5, 5.41) is 48.3. The number of nitrogens with two attached hydrogens (primary N) is 1. The van der Waals surface area contributed by atoms with Crippen molar-refractivity contribution in [2.45, 2.75) is 24.5 Å². The number of rotatable bonds is 6. The summed E-state index contributed by atoms with van der Waals surface area (Å²) in [7, 11) is 6.37. The summed E-state index contributed by atoms with van der Waals surface area (Å²) < 4.78 is 27.9. The lowest BCUT2D eigenvalue weighted by Crippen LogP contribution is -2.66. The molecule has 0 fully saturated rings. The number of phenolic OH excluding ortho intramolecular Hbond substituents is 1. The molecule has 14 heteroatoms. The number of halogens is 2. The van der Waals surface area contributed by atoms with Crippen LogP contribution in [0.4, 0.5) is 14.5 Å². The first-order chi connectivity index (χ1) is 21.0. The smallest absolute Gasteiger partial charge is 0.255 e. The summed E-state index contributed by atoms with van der Waals surface area (Å²) in [6.07, 6.45) is -0.472. The van der Waals surface area contributed by atoms with Crippen LogP contribution in [0.1, 0.15) is 32.7 Å². The fourth-order valence-electron chi connectivity index (χ4n) is 7.10. The molecule has 0 saturated heterocycles. The van der Waals surface area contributed by atoms with Crippen molar-refractivity contribution in [2.75, 3.05) is 39.6 Å². The fraction of sp³-hybridized carbons (Fsp3) is 0.355. The van der Waals surface area contributed by atoms with Gasteiger partial charge in [-0.05, 0) is 56.8 Å². The number of carbonyl (C=O) groups is 4. The van der Waals surface area contributed by atoms with Crippen LogP contribution in [-0.4, -0.2) is 95.1 Å². The number of hydrogen-bond acceptors (Lipinski definition) is 10. The van der Waals surface area contributed by atoms with E-state index in [-0.39, 0.29) is 24.0 Å². The van der Waals surface area contributed by atoms with Crippen molar-refractivity contribution in [1.29, 1.82) is 0 Å². The van der Waals surface area contributed by atoms with Crippen LogP contribution in [0, 0.1) is 23.0 Å². The third-order valence-electron chi connectivity index (χ3n) is 9.00. The minimum absolute atomic E-state index is 0.138. The predicted octanol–water partition coefficient (Wildman–Crippen LogP) is 1.27. The molecule has 0 aliphatic heterocycles. The molecule has 3 aliphatic rings. The molecule has 2 amide bonds. The molecule has 0 spiro atoms. The van der Waals surface area contributed by atoms with E-state index < -0.39 is 92.9 Å². The third-order valence-corrected chi connectivity index (χ3v) is 9.00. The van der Waals surface area contributed by atoms with E-state index >= 15 is 0 Å². The number of nitrogens with zero attached hydrogens (tertiary/aromatic N) is 2. The Hall–Kier alpha value is -4.82. The van der Waals surface area contributed by atoms with Crippen LogP contribution in [0.3, 0.4) is 0 Å². The minimum atomic E-state index is -2.91. The lowest BCUT2D eigenvalue weighted by atomic mass is 9.52. The number of amides is 2. The van der Waals surface area contributed by atoms with E-state index in [2.05, 4.69) is 5.32 Å². The highest BCUT2D eigenvalue weighted by Gasteiger charge is 2.66. The molecule has 0 radical (unpaired) electrons. The van der Waals surface area contributed by atoms with Gasteiger partial charge in [-0.3, -0.25) is 24.1 Å². The predicted molar refractivity (Wildman–Crippen MR) is 156 cm³/mol. The standard InChI is InChI=1S/C31H32F2N4O8/c1-36(2)18-5-6-19(38)20-16(18)10-30(12-35-29(44)13-7-14(32)9-15(33)8-13)11-17-23(37(3)4)25(40)21(28(34)43)26(41)31(17,45)27(42)22(30)24(20)39/h5-9,17,23,38,40,42,45H,10-12H2,1-4H3,(H2,34,43)(H,35,44)/t17-,23-,30-,31+/m0/s1. The number of nitrogens with one attached hydrogen (secondary N) is 1. The van der Waals surface area contributed by atoms with Gasteiger partial charge in [0.25, 0.3) is 11.8 Å². The van der Waals surface area contributed by atoms with E-state index in [0.717, 1.165) is 12.1 Å². The Morgan fingerprint density at radius 2 is 1.67 bits per heavy atom. The number of hydrogen-bond donors (Lipinski definition) is 6. The molecule has 0 aromatic heterocycles. The number of likely N-dealkylation sites (N-methyl/N-ethyl adjacent to an activating group) is 1. The Morgan fingerprint density at radius 3 is 2.22 bits per heavy atom. The number of Topliss-reactive ketones (excluding diaryl/α,β-unsaturated/α-hetero) is 2. The summed E-state index contributed by atoms with van der Waals surface area (Å²) in [6.45, 7) is -0.453. The molecule has 7 N–H and O–H groups in total. The molecule has 3 aliphatic carbocycles. The molecule has 5 rings (SSSR count). The van der Waals surface area contributed by atoms with Crippen LogP contribution in [0.2, 0.25) is 0 Å². The Morgan fingerprint density at radius 1 is 1.04 bits per heavy atom. The number of carbonyl (C=O) groups excluding carboxylic acids is 4. The number of aliphatic hydroxyl groups is 3. The molecular formula is C31H32F2N4O8. The van der Waals surface area contributed by atoms with Gasteiger partial charge in [-0.15, -0.1) is 0 Å². The highest BCUT2D eigenvalue weighted by atomic mass is 19.1. The molecule has 0 bridgehead atoms. The van der Waals surface area contributed by atoms with Gasteiger partial charge in [0, 0.05) is 54.9 Å². The highest BCUT2D eigenvalue weighted by Crippen LogP contribution is 2.58. The fourth-order valence-corrected chi connectivity index (χ4v) is 7.10. The first-order valence-electron chi connectivity index (χ1n) is 13.9. The average molecular weight is 627 g/mol. The number of primary amides is 1. The van der Waals surface area contributed by atoms with Gasteiger partial charge in [-0.25, -0.2) is 8.78 Å². The maximum Gasteiger partial charge on any atom is 0.255 e. The molecule has 2 aromatic rings. The van der Waals surface area contributed by atoms with Crippen LogP contribution in [-0.2, 0) is 16.0 Å². The summed E-state index contributed by atoms with van der Waals surface area (Å²) in [5.41, 5.74) is -0.322. The van der Waals surface area contributed by atoms with E-state index in [9.17, 15) is 48.4 Å². The lowest BCUT2D eigenvalue weighted by Gasteiger charge is -2.54. The molecule has 12 nitrogen and oxygen atoms in total. The quantitative estimate of drug-likeness (QED) is 0.254. The first kappa shape index (κ1) is 31.6. The van der Waals surface area contributed by atoms with Gasteiger partial charge in [0.15, 0.2) is 11.4 Å². The molecule has 238 valence electrons. The van der Waals surface area contributed by atoms with Crippen LogP contribution in [0.25, 0.3) is 0 Å². The highest BCUT2D eigenvalue weighted by molar-refractivity contribution is 6.25. The normalized spacial score (nSPS) is 26.0. The van der Waals surface area contributed by atoms with Crippen LogP contribution in [0.15, 0.2) is 53.0 Å². The molecule has 0 heterocycles. The van der Waals surface area contributed by atoms with Crippen molar-refractivity contribution in [1.82, 2.24) is 10.2 Å². The van der Waals surface area contributed by atoms with Gasteiger partial charge in [0.05, 0.1) is 11.6 Å². The Kier molecular flexibility index (Phi) is 7.49. The van der Waals surface area contributed by atoms with Crippen molar-refractivity contribution < 1.29 is 48.4 Å². The number of ketones is 2. The monoisotopic (exact) mass is 626 g/mol. The van der Waals surface area contributed by atoms with E-state index in [4.69, 9.17) is 5.73 Å². The number of phenols is 1. The maximum absolute atomic E-state index is 14.3. The topological polar surface area (TPSA) is 194 Å². The van der Waals surface area contributed by atoms with Crippen LogP contribution in [0.5, 0.6) is 5.75 Å². The number of aromatic hydroxyl groups is 1. The molecular weight excluding hydrogens is 594 g/mol. The van der Waals surface area contributed by atoms with Gasteiger partial charge in [-0.1, -0.05) is 0 Å². The van der Waals surface area contributed by atoms with Crippen molar-refractivity contribution in [3.05, 3.63) is 81.3 Å². The number of fused-ring (bicyclic) bond motifs is 3. The first-order valence-corrected chi connectivity index (χ1v) is 13.9. The number of aliphatic hydroxyl groups excluding tert-OH is 2. The minimum Gasteiger partial charge on any atom is -0.510 e. The van der Waals surface area contributed by atoms with Gasteiger partial charge < -0.3 is 36.4 Å². The lowest BCUT2D eigenvalue weighted by molar-refractivity contribution is -0.150. The van der Waals surface area contributed by atoms with Crippen molar-refractivity contribution in [3.63, 3.8) is 0 Å². The Bertz CT molecular complexity index is 1730. The summed E-state index contributed by atoms with van der Waals surface area (Å²) >= 11 is 0. The van der Waals surface area contributed by atoms with Gasteiger partial charge in [0.2, 0.25) is 5.78 Å². The number of anilines is 1. The summed E-state index contributed by atoms with van der Waals surface area (Å²) in [6, 6.07) is 3.77. The Balaban J connectivity index is 1.76. The zero-order valence-corrected chi connectivity index (χ0v) is 24.8. The second-order valence-corrected chi connectivity index (χ2v) is 12.1. The van der Waals surface area contributed by atoms with E-state index in [0.29, 0.717) is 17.3 Å². The molecule has 45 heavy (non-hydrogen) atoms. The van der Waals surface area contributed by atoms with E-state index in [1.54, 1.807) is 25.1 Å². The second-order valence-electron chi connectivity index (χ2n) is 12.1. The van der Waals surface area contributed by atoms with Gasteiger partial charge in [-0.2, -0.15) is 0 Å². The molecule has 4 atom stereocenters. The third kappa shape index (κ3) is 4.63. The van der Waals surface area contributed by atoms with Crippen molar-refractivity contribution in [2.24, 2.45) is 17.1 Å². The molecule has 0 unspecified atom stereocenters. The van der Waals surface area contributed by atoms with E-state index in [1.807, 2.05) is 0 Å². The largest absolute Gasteiger partial charge is 0.510 e. The maximum atomic E-state index is 14.3. The molecule has 2 aromatic carbocycles. The number of benzene rings is 2. The van der Waals surface area contributed by atoms with Crippen molar-refractivity contribution in [3.8, 4) is 5.75 Å². The SMILES string of the molecule is CN(C)c1ccc(O)c2c1C[C@@]1(CNC(=O)c3cc(F)cc(F)c3)C[C@H]3[C@H](N(C)C)C(O)=C(C(N)=O)C(=O)[C@@]3(O)C(O)=C1C2=O. The van der Waals surface area contributed by atoms with Crippen molar-refractivity contribution >= 4 is 29.1 Å². The van der Waals surface area contributed by atoms with Gasteiger partial charge in [0.1, 0.15) is 34.5 Å². The second kappa shape index (κ2) is 10.7. The Labute approximate surface area is 256 Å². The van der Waals surface area contributed by atoms with Gasteiger partial charge >= 0.3 is 0 Å². The van der Waals surface area contributed by atoms with Crippen LogP contribution < -0.4 is 16.0 Å². The summed E-state index contributed by atoms with van der Waals surface area (Å²) in [4.78, 5) is 56.5. The molecule has 0 saturated carbocycles. The van der Waals surface area contributed by atoms with E-state index in [1.165, 1.54) is 25.1 Å². The summed E-state index contributed by atoms with van der Waals surface area (Å²) in [5.74, 6) is -10.4. The zero-order valence-electron chi connectivity index (χ0n) is 24.8. The zero-order chi connectivity index (χ0) is 33.3. The average Bonchev–Trinajstić information content (AvgIpc) is 2.92.